The zero-order valence-corrected chi connectivity index (χ0v) is 19.7. The number of rotatable bonds is 8. The number of ether oxygens (including phenoxy) is 2. The number of nitrogens with zero attached hydrogens (tertiary/aromatic N) is 1. The maximum absolute atomic E-state index is 13.3. The summed E-state index contributed by atoms with van der Waals surface area (Å²) in [6.07, 6.45) is 1.50. The molecular formula is C26H22BrFN2O3. The standard InChI is InChI=1S/C26H22BrFN2O3/c1-17(2)33-23-8-4-7-22(14-23)30-26(31)20(15-29)11-18-9-10-25(24(27)13-18)32-16-19-5-3-6-21(28)12-19/h3-14,17H,16H2,1-2H3,(H,30,31)/b20-11-. The lowest BCUT2D eigenvalue weighted by atomic mass is 10.1. The molecule has 0 bridgehead atoms. The molecule has 0 aliphatic heterocycles. The molecule has 0 radical (unpaired) electrons. The molecule has 0 fully saturated rings. The smallest absolute Gasteiger partial charge is 0.266 e. The van der Waals surface area contributed by atoms with Crippen LogP contribution in [0.3, 0.4) is 0 Å². The van der Waals surface area contributed by atoms with Crippen molar-refractivity contribution in [2.45, 2.75) is 26.6 Å². The van der Waals surface area contributed by atoms with Crippen molar-refractivity contribution < 1.29 is 18.7 Å². The van der Waals surface area contributed by atoms with Gasteiger partial charge in [0.2, 0.25) is 0 Å². The quantitative estimate of drug-likeness (QED) is 0.278. The van der Waals surface area contributed by atoms with E-state index in [0.717, 1.165) is 0 Å². The van der Waals surface area contributed by atoms with Crippen LogP contribution in [0.4, 0.5) is 10.1 Å². The van der Waals surface area contributed by atoms with Crippen LogP contribution in [0.5, 0.6) is 11.5 Å². The van der Waals surface area contributed by atoms with Crippen LogP contribution >= 0.6 is 15.9 Å². The summed E-state index contributed by atoms with van der Waals surface area (Å²) in [7, 11) is 0. The van der Waals surface area contributed by atoms with Crippen molar-refractivity contribution in [2.75, 3.05) is 5.32 Å². The third kappa shape index (κ3) is 7.19. The van der Waals surface area contributed by atoms with E-state index in [2.05, 4.69) is 21.2 Å². The number of anilines is 1. The van der Waals surface area contributed by atoms with Gasteiger partial charge in [0.05, 0.1) is 10.6 Å². The molecule has 168 valence electrons. The fraction of sp³-hybridized carbons (Fsp3) is 0.154. The second-order valence-electron chi connectivity index (χ2n) is 7.43. The van der Waals surface area contributed by atoms with Gasteiger partial charge < -0.3 is 14.8 Å². The van der Waals surface area contributed by atoms with Crippen LogP contribution in [-0.2, 0) is 11.4 Å². The predicted octanol–water partition coefficient (Wildman–Crippen LogP) is 6.50. The van der Waals surface area contributed by atoms with Gasteiger partial charge in [-0.15, -0.1) is 0 Å². The number of benzene rings is 3. The number of hydrogen-bond acceptors (Lipinski definition) is 4. The van der Waals surface area contributed by atoms with Gasteiger partial charge in [0.25, 0.3) is 5.91 Å². The molecule has 33 heavy (non-hydrogen) atoms. The van der Waals surface area contributed by atoms with Crippen LogP contribution in [0.15, 0.2) is 76.8 Å². The number of hydrogen-bond donors (Lipinski definition) is 1. The molecule has 3 aromatic carbocycles. The first-order valence-electron chi connectivity index (χ1n) is 10.2. The Balaban J connectivity index is 1.69. The minimum Gasteiger partial charge on any atom is -0.491 e. The number of amides is 1. The number of nitriles is 1. The van der Waals surface area contributed by atoms with Crippen molar-refractivity contribution in [2.24, 2.45) is 0 Å². The van der Waals surface area contributed by atoms with Gasteiger partial charge in [0, 0.05) is 11.8 Å². The minimum atomic E-state index is -0.526. The van der Waals surface area contributed by atoms with Crippen molar-refractivity contribution in [3.8, 4) is 17.6 Å². The van der Waals surface area contributed by atoms with Crippen LogP contribution in [-0.4, -0.2) is 12.0 Å². The third-order valence-corrected chi connectivity index (χ3v) is 5.00. The predicted molar refractivity (Wildman–Crippen MR) is 129 cm³/mol. The molecule has 0 saturated carbocycles. The molecule has 7 heteroatoms. The van der Waals surface area contributed by atoms with Gasteiger partial charge in [0.15, 0.2) is 0 Å². The SMILES string of the molecule is CC(C)Oc1cccc(NC(=O)/C(C#N)=C\c2ccc(OCc3cccc(F)c3)c(Br)c2)c1. The Labute approximate surface area is 200 Å². The van der Waals surface area contributed by atoms with E-state index in [1.54, 1.807) is 54.6 Å². The second-order valence-corrected chi connectivity index (χ2v) is 8.28. The molecule has 0 spiro atoms. The molecule has 1 N–H and O–H groups in total. The monoisotopic (exact) mass is 508 g/mol. The average Bonchev–Trinajstić information content (AvgIpc) is 2.76. The van der Waals surface area contributed by atoms with Gasteiger partial charge in [-0.2, -0.15) is 5.26 Å². The normalized spacial score (nSPS) is 11.1. The summed E-state index contributed by atoms with van der Waals surface area (Å²) in [6.45, 7) is 4.03. The molecule has 0 aliphatic rings. The first-order chi connectivity index (χ1) is 15.8. The molecule has 5 nitrogen and oxygen atoms in total. The van der Waals surface area contributed by atoms with Crippen LogP contribution in [0.1, 0.15) is 25.0 Å². The second kappa shape index (κ2) is 11.3. The zero-order valence-electron chi connectivity index (χ0n) is 18.1. The summed E-state index contributed by atoms with van der Waals surface area (Å²) in [6, 6.07) is 20.3. The highest BCUT2D eigenvalue weighted by atomic mass is 79.9. The van der Waals surface area contributed by atoms with Gasteiger partial charge in [-0.1, -0.05) is 24.3 Å². The lowest BCUT2D eigenvalue weighted by molar-refractivity contribution is -0.112. The molecule has 3 aromatic rings. The van der Waals surface area contributed by atoms with Gasteiger partial charge in [-0.05, 0) is 83.4 Å². The van der Waals surface area contributed by atoms with Crippen molar-refractivity contribution in [3.05, 3.63) is 93.7 Å². The van der Waals surface area contributed by atoms with Crippen LogP contribution < -0.4 is 14.8 Å². The summed E-state index contributed by atoms with van der Waals surface area (Å²) in [5.74, 6) is 0.336. The average molecular weight is 509 g/mol. The fourth-order valence-electron chi connectivity index (χ4n) is 2.94. The molecular weight excluding hydrogens is 487 g/mol. The van der Waals surface area contributed by atoms with Crippen molar-refractivity contribution in [1.29, 1.82) is 5.26 Å². The van der Waals surface area contributed by atoms with E-state index in [0.29, 0.717) is 32.8 Å². The summed E-state index contributed by atoms with van der Waals surface area (Å²) in [5, 5.41) is 12.2. The highest BCUT2D eigenvalue weighted by molar-refractivity contribution is 9.10. The Kier molecular flexibility index (Phi) is 8.22. The maximum Gasteiger partial charge on any atom is 0.266 e. The molecule has 0 saturated heterocycles. The van der Waals surface area contributed by atoms with Gasteiger partial charge in [-0.25, -0.2) is 4.39 Å². The number of carbonyl (C=O) groups excluding carboxylic acids is 1. The summed E-state index contributed by atoms with van der Waals surface area (Å²) in [5.41, 5.74) is 1.83. The van der Waals surface area contributed by atoms with E-state index in [-0.39, 0.29) is 24.1 Å². The van der Waals surface area contributed by atoms with Gasteiger partial charge >= 0.3 is 0 Å². The lowest BCUT2D eigenvalue weighted by Crippen LogP contribution is -2.13. The van der Waals surface area contributed by atoms with Crippen molar-refractivity contribution >= 4 is 33.6 Å². The molecule has 0 heterocycles. The Morgan fingerprint density at radius 2 is 1.94 bits per heavy atom. The summed E-state index contributed by atoms with van der Waals surface area (Å²) < 4.78 is 25.3. The van der Waals surface area contributed by atoms with E-state index >= 15 is 0 Å². The molecule has 0 aromatic heterocycles. The van der Waals surface area contributed by atoms with E-state index in [4.69, 9.17) is 9.47 Å². The van der Waals surface area contributed by atoms with E-state index in [1.165, 1.54) is 18.2 Å². The first kappa shape index (κ1) is 24.0. The van der Waals surface area contributed by atoms with Crippen LogP contribution in [0.2, 0.25) is 0 Å². The van der Waals surface area contributed by atoms with Gasteiger partial charge in [-0.3, -0.25) is 4.79 Å². The third-order valence-electron chi connectivity index (χ3n) is 4.38. The van der Waals surface area contributed by atoms with E-state index in [9.17, 15) is 14.4 Å². The van der Waals surface area contributed by atoms with E-state index < -0.39 is 5.91 Å². The number of carbonyl (C=O) groups is 1. The Bertz CT molecular complexity index is 1220. The largest absolute Gasteiger partial charge is 0.491 e. The minimum absolute atomic E-state index is 0.00442. The first-order valence-corrected chi connectivity index (χ1v) is 11.0. The van der Waals surface area contributed by atoms with Crippen molar-refractivity contribution in [3.63, 3.8) is 0 Å². The van der Waals surface area contributed by atoms with Crippen molar-refractivity contribution in [1.82, 2.24) is 0 Å². The van der Waals surface area contributed by atoms with Gasteiger partial charge in [0.1, 0.15) is 35.6 Å². The summed E-state index contributed by atoms with van der Waals surface area (Å²) in [4.78, 5) is 12.6. The van der Waals surface area contributed by atoms with Crippen LogP contribution in [0.25, 0.3) is 6.08 Å². The molecule has 0 unspecified atom stereocenters. The van der Waals surface area contributed by atoms with Crippen LogP contribution in [0, 0.1) is 17.1 Å². The molecule has 0 aliphatic carbocycles. The number of nitrogens with one attached hydrogen (secondary N) is 1. The topological polar surface area (TPSA) is 71.3 Å². The maximum atomic E-state index is 13.3. The highest BCUT2D eigenvalue weighted by Gasteiger charge is 2.11. The summed E-state index contributed by atoms with van der Waals surface area (Å²) >= 11 is 3.44. The Morgan fingerprint density at radius 1 is 1.15 bits per heavy atom. The Hall–Kier alpha value is -3.63. The Morgan fingerprint density at radius 3 is 2.64 bits per heavy atom. The molecule has 3 rings (SSSR count). The molecule has 0 atom stereocenters. The van der Waals surface area contributed by atoms with E-state index in [1.807, 2.05) is 19.9 Å². The molecule has 1 amide bonds. The fourth-order valence-corrected chi connectivity index (χ4v) is 3.46. The highest BCUT2D eigenvalue weighted by Crippen LogP contribution is 2.28. The number of halogens is 2. The lowest BCUT2D eigenvalue weighted by Gasteiger charge is -2.11. The zero-order chi connectivity index (χ0) is 23.8.